The summed E-state index contributed by atoms with van der Waals surface area (Å²) in [6.45, 7) is 1.46. The lowest BCUT2D eigenvalue weighted by atomic mass is 10.2. The molecule has 0 aliphatic rings. The fraction of sp³-hybridized carbons (Fsp3) is 0.250. The molecule has 0 radical (unpaired) electrons. The molecule has 2 rings (SSSR count). The van der Waals surface area contributed by atoms with Gasteiger partial charge in [-0.2, -0.15) is 0 Å². The van der Waals surface area contributed by atoms with Crippen molar-refractivity contribution < 1.29 is 23.9 Å². The standard InChI is InChI=1S/C20H22N2O5/c1-14-7-3-4-8-15(14)21-19(24)13-27-20(25)12-11-18(23)22-16-9-5-6-10-17(16)26-2/h3-10H,11-13H2,1-2H3,(H,21,24)(H,22,23). The van der Waals surface area contributed by atoms with Gasteiger partial charge in [-0.05, 0) is 30.7 Å². The normalized spacial score (nSPS) is 10.0. The number of para-hydroxylation sites is 3. The van der Waals surface area contributed by atoms with Crippen molar-refractivity contribution in [3.8, 4) is 5.75 Å². The molecule has 0 saturated carbocycles. The molecule has 0 fully saturated rings. The Balaban J connectivity index is 1.72. The van der Waals surface area contributed by atoms with E-state index >= 15 is 0 Å². The maximum Gasteiger partial charge on any atom is 0.306 e. The van der Waals surface area contributed by atoms with Crippen LogP contribution in [0.4, 0.5) is 11.4 Å². The summed E-state index contributed by atoms with van der Waals surface area (Å²) in [5.41, 5.74) is 2.09. The van der Waals surface area contributed by atoms with Crippen LogP contribution in [0.5, 0.6) is 5.75 Å². The van der Waals surface area contributed by atoms with E-state index in [1.807, 2.05) is 19.1 Å². The number of carbonyl (C=O) groups is 3. The number of ether oxygens (including phenoxy) is 2. The lowest BCUT2D eigenvalue weighted by Crippen LogP contribution is -2.22. The molecule has 0 aromatic heterocycles. The highest BCUT2D eigenvalue weighted by molar-refractivity contribution is 5.95. The first-order valence-corrected chi connectivity index (χ1v) is 8.43. The zero-order chi connectivity index (χ0) is 19.6. The lowest BCUT2D eigenvalue weighted by Gasteiger charge is -2.10. The lowest BCUT2D eigenvalue weighted by molar-refractivity contribution is -0.147. The van der Waals surface area contributed by atoms with Crippen molar-refractivity contribution in [2.24, 2.45) is 0 Å². The Morgan fingerprint density at radius 3 is 2.19 bits per heavy atom. The second-order valence-corrected chi connectivity index (χ2v) is 5.77. The molecule has 2 amide bonds. The SMILES string of the molecule is COc1ccccc1NC(=O)CCC(=O)OCC(=O)Nc1ccccc1C. The molecule has 0 saturated heterocycles. The highest BCUT2D eigenvalue weighted by Gasteiger charge is 2.12. The number of nitrogens with one attached hydrogen (secondary N) is 2. The zero-order valence-electron chi connectivity index (χ0n) is 15.3. The van der Waals surface area contributed by atoms with Crippen molar-refractivity contribution in [1.29, 1.82) is 0 Å². The Hall–Kier alpha value is -3.35. The molecule has 7 nitrogen and oxygen atoms in total. The molecule has 0 spiro atoms. The molecule has 0 atom stereocenters. The van der Waals surface area contributed by atoms with Gasteiger partial charge in [0.25, 0.3) is 5.91 Å². The van der Waals surface area contributed by atoms with Crippen LogP contribution in [0.25, 0.3) is 0 Å². The first-order chi connectivity index (χ1) is 13.0. The van der Waals surface area contributed by atoms with Gasteiger partial charge < -0.3 is 20.1 Å². The van der Waals surface area contributed by atoms with E-state index in [1.165, 1.54) is 7.11 Å². The van der Waals surface area contributed by atoms with Gasteiger partial charge in [-0.1, -0.05) is 30.3 Å². The van der Waals surface area contributed by atoms with Crippen molar-refractivity contribution in [3.63, 3.8) is 0 Å². The van der Waals surface area contributed by atoms with Crippen LogP contribution in [0.3, 0.4) is 0 Å². The van der Waals surface area contributed by atoms with Crippen LogP contribution in [0.1, 0.15) is 18.4 Å². The van der Waals surface area contributed by atoms with Gasteiger partial charge in [0.2, 0.25) is 5.91 Å². The number of amides is 2. The first-order valence-electron chi connectivity index (χ1n) is 8.43. The fourth-order valence-electron chi connectivity index (χ4n) is 2.29. The average Bonchev–Trinajstić information content (AvgIpc) is 2.67. The molecule has 0 aliphatic carbocycles. The molecule has 2 aromatic rings. The van der Waals surface area contributed by atoms with Gasteiger partial charge in [-0.3, -0.25) is 14.4 Å². The number of rotatable bonds is 8. The predicted octanol–water partition coefficient (Wildman–Crippen LogP) is 2.90. The van der Waals surface area contributed by atoms with E-state index in [4.69, 9.17) is 9.47 Å². The Bertz CT molecular complexity index is 820. The third-order valence-corrected chi connectivity index (χ3v) is 3.72. The van der Waals surface area contributed by atoms with Crippen molar-refractivity contribution in [2.45, 2.75) is 19.8 Å². The second-order valence-electron chi connectivity index (χ2n) is 5.77. The van der Waals surface area contributed by atoms with Crippen LogP contribution in [0.15, 0.2) is 48.5 Å². The molecular formula is C20H22N2O5. The van der Waals surface area contributed by atoms with E-state index in [1.54, 1.807) is 36.4 Å². The molecule has 27 heavy (non-hydrogen) atoms. The first kappa shape index (κ1) is 20.0. The van der Waals surface area contributed by atoms with Gasteiger partial charge in [0, 0.05) is 12.1 Å². The summed E-state index contributed by atoms with van der Waals surface area (Å²) in [6, 6.07) is 14.3. The summed E-state index contributed by atoms with van der Waals surface area (Å²) in [7, 11) is 1.50. The highest BCUT2D eigenvalue weighted by Crippen LogP contribution is 2.23. The van der Waals surface area contributed by atoms with Crippen molar-refractivity contribution in [2.75, 3.05) is 24.4 Å². The monoisotopic (exact) mass is 370 g/mol. The second kappa shape index (κ2) is 9.96. The molecule has 0 heterocycles. The van der Waals surface area contributed by atoms with Gasteiger partial charge in [0.1, 0.15) is 5.75 Å². The number of hydrogen-bond acceptors (Lipinski definition) is 5. The maximum atomic E-state index is 11.9. The summed E-state index contributed by atoms with van der Waals surface area (Å²) in [6.07, 6.45) is -0.186. The largest absolute Gasteiger partial charge is 0.495 e. The van der Waals surface area contributed by atoms with E-state index in [0.717, 1.165) is 5.56 Å². The van der Waals surface area contributed by atoms with Crippen molar-refractivity contribution in [3.05, 3.63) is 54.1 Å². The Morgan fingerprint density at radius 1 is 0.852 bits per heavy atom. The minimum absolute atomic E-state index is 0.0592. The third kappa shape index (κ3) is 6.47. The summed E-state index contributed by atoms with van der Waals surface area (Å²) >= 11 is 0. The van der Waals surface area contributed by atoms with Gasteiger partial charge in [0.05, 0.1) is 19.2 Å². The minimum Gasteiger partial charge on any atom is -0.495 e. The van der Waals surface area contributed by atoms with Crippen LogP contribution in [-0.2, 0) is 19.1 Å². The Labute approximate surface area is 157 Å². The number of anilines is 2. The van der Waals surface area contributed by atoms with Crippen LogP contribution < -0.4 is 15.4 Å². The predicted molar refractivity (Wildman–Crippen MR) is 102 cm³/mol. The van der Waals surface area contributed by atoms with Gasteiger partial charge in [0.15, 0.2) is 6.61 Å². The Morgan fingerprint density at radius 2 is 1.48 bits per heavy atom. The Kier molecular flexibility index (Phi) is 7.37. The van der Waals surface area contributed by atoms with E-state index in [0.29, 0.717) is 17.1 Å². The molecule has 0 bridgehead atoms. The zero-order valence-corrected chi connectivity index (χ0v) is 15.3. The minimum atomic E-state index is -0.620. The maximum absolute atomic E-state index is 11.9. The number of esters is 1. The van der Waals surface area contributed by atoms with Gasteiger partial charge >= 0.3 is 5.97 Å². The number of hydrogen-bond donors (Lipinski definition) is 2. The average molecular weight is 370 g/mol. The number of aryl methyl sites for hydroxylation is 1. The summed E-state index contributed by atoms with van der Waals surface area (Å²) in [5.74, 6) is -0.872. The number of carbonyl (C=O) groups excluding carboxylic acids is 3. The molecule has 2 aromatic carbocycles. The summed E-state index contributed by atoms with van der Waals surface area (Å²) in [4.78, 5) is 35.5. The van der Waals surface area contributed by atoms with E-state index in [2.05, 4.69) is 10.6 Å². The molecule has 0 unspecified atom stereocenters. The molecule has 0 aliphatic heterocycles. The highest BCUT2D eigenvalue weighted by atomic mass is 16.5. The van der Waals surface area contributed by atoms with Gasteiger partial charge in [-0.25, -0.2) is 0 Å². The summed E-state index contributed by atoms with van der Waals surface area (Å²) in [5, 5.41) is 5.34. The number of methoxy groups -OCH3 is 1. The van der Waals surface area contributed by atoms with E-state index in [9.17, 15) is 14.4 Å². The van der Waals surface area contributed by atoms with Crippen LogP contribution in [0, 0.1) is 6.92 Å². The molecular weight excluding hydrogens is 348 g/mol. The summed E-state index contributed by atoms with van der Waals surface area (Å²) < 4.78 is 10.0. The van der Waals surface area contributed by atoms with Crippen LogP contribution >= 0.6 is 0 Å². The van der Waals surface area contributed by atoms with Gasteiger partial charge in [-0.15, -0.1) is 0 Å². The van der Waals surface area contributed by atoms with E-state index in [-0.39, 0.29) is 18.7 Å². The number of benzene rings is 2. The van der Waals surface area contributed by atoms with Crippen LogP contribution in [0.2, 0.25) is 0 Å². The van der Waals surface area contributed by atoms with Crippen molar-refractivity contribution >= 4 is 29.2 Å². The molecule has 2 N–H and O–H groups in total. The fourth-order valence-corrected chi connectivity index (χ4v) is 2.29. The van der Waals surface area contributed by atoms with E-state index < -0.39 is 18.5 Å². The molecule has 142 valence electrons. The van der Waals surface area contributed by atoms with Crippen LogP contribution in [-0.4, -0.2) is 31.5 Å². The smallest absolute Gasteiger partial charge is 0.306 e. The topological polar surface area (TPSA) is 93.7 Å². The molecule has 7 heteroatoms. The van der Waals surface area contributed by atoms with Crippen molar-refractivity contribution in [1.82, 2.24) is 0 Å². The quantitative estimate of drug-likeness (QED) is 0.697. The third-order valence-electron chi connectivity index (χ3n) is 3.72.